The maximum Gasteiger partial charge on any atom is 0.328 e. The Morgan fingerprint density at radius 1 is 1.08 bits per heavy atom. The highest BCUT2D eigenvalue weighted by Gasteiger charge is 2.28. The lowest BCUT2D eigenvalue weighted by atomic mass is 10.0. The average Bonchev–Trinajstić information content (AvgIpc) is 2.56. The number of thioether (sulfide) groups is 1. The van der Waals surface area contributed by atoms with Crippen LogP contribution in [0.5, 0.6) is 0 Å². The van der Waals surface area contributed by atoms with Crippen LogP contribution in [-0.2, 0) is 23.9 Å². The van der Waals surface area contributed by atoms with Crippen LogP contribution in [0.3, 0.4) is 0 Å². The summed E-state index contributed by atoms with van der Waals surface area (Å²) in [7, 11) is 1.24. The second-order valence-corrected chi connectivity index (χ2v) is 7.05. The Hall–Kier alpha value is -1.77. The Balaban J connectivity index is 4.99. The van der Waals surface area contributed by atoms with Crippen LogP contribution in [0.15, 0.2) is 0 Å². The minimum absolute atomic E-state index is 0.146. The largest absolute Gasteiger partial charge is 0.467 e. The summed E-state index contributed by atoms with van der Waals surface area (Å²) in [6.45, 7) is 5.35. The van der Waals surface area contributed by atoms with Crippen molar-refractivity contribution in [3.63, 3.8) is 0 Å². The van der Waals surface area contributed by atoms with E-state index >= 15 is 0 Å². The van der Waals surface area contributed by atoms with Gasteiger partial charge in [-0.1, -0.05) is 13.8 Å². The van der Waals surface area contributed by atoms with Gasteiger partial charge in [-0.3, -0.25) is 14.4 Å². The van der Waals surface area contributed by atoms with Gasteiger partial charge in [-0.05, 0) is 37.7 Å². The highest BCUT2D eigenvalue weighted by atomic mass is 32.2. The van der Waals surface area contributed by atoms with Crippen LogP contribution in [-0.4, -0.2) is 61.4 Å². The van der Waals surface area contributed by atoms with Gasteiger partial charge in [-0.15, -0.1) is 0 Å². The summed E-state index contributed by atoms with van der Waals surface area (Å²) in [4.78, 5) is 47.0. The average molecular weight is 375 g/mol. The summed E-state index contributed by atoms with van der Waals surface area (Å²) in [5.41, 5.74) is 0. The quantitative estimate of drug-likeness (QED) is 0.328. The first kappa shape index (κ1) is 23.2. The standard InChI is InChI=1S/C16H29N3O5S/c1-10(2)8-13(15(22)18-11(3)16(23)24-4)19-14(21)12(17-9-20)6-7-25-5/h9-13H,6-8H2,1-5H3,(H,17,20)(H,18,22)(H,19,21)/t11-,12-,13-/m0/s1. The minimum atomic E-state index is -0.815. The lowest BCUT2D eigenvalue weighted by Crippen LogP contribution is -2.55. The molecule has 0 bridgehead atoms. The molecule has 3 N–H and O–H groups in total. The molecule has 0 rings (SSSR count). The van der Waals surface area contributed by atoms with E-state index in [2.05, 4.69) is 20.7 Å². The molecule has 0 spiro atoms. The van der Waals surface area contributed by atoms with Gasteiger partial charge in [0.2, 0.25) is 18.2 Å². The number of ether oxygens (including phenoxy) is 1. The molecular weight excluding hydrogens is 346 g/mol. The highest BCUT2D eigenvalue weighted by Crippen LogP contribution is 2.07. The molecule has 0 radical (unpaired) electrons. The van der Waals surface area contributed by atoms with E-state index in [9.17, 15) is 19.2 Å². The highest BCUT2D eigenvalue weighted by molar-refractivity contribution is 7.98. The van der Waals surface area contributed by atoms with Gasteiger partial charge in [0.25, 0.3) is 0 Å². The number of carbonyl (C=O) groups is 4. The fourth-order valence-corrected chi connectivity index (χ4v) is 2.60. The molecule has 3 amide bonds. The third kappa shape index (κ3) is 9.33. The van der Waals surface area contributed by atoms with Crippen LogP contribution < -0.4 is 16.0 Å². The van der Waals surface area contributed by atoms with Crippen molar-refractivity contribution in [2.45, 2.75) is 51.7 Å². The Morgan fingerprint density at radius 2 is 1.68 bits per heavy atom. The topological polar surface area (TPSA) is 114 Å². The van der Waals surface area contributed by atoms with Crippen LogP contribution in [0, 0.1) is 5.92 Å². The molecule has 0 aliphatic rings. The summed E-state index contributed by atoms with van der Waals surface area (Å²) in [5, 5.41) is 7.67. The van der Waals surface area contributed by atoms with E-state index in [-0.39, 0.29) is 5.92 Å². The van der Waals surface area contributed by atoms with Gasteiger partial charge in [-0.25, -0.2) is 4.79 Å². The van der Waals surface area contributed by atoms with Crippen LogP contribution >= 0.6 is 11.8 Å². The molecule has 0 aromatic carbocycles. The molecule has 9 heteroatoms. The van der Waals surface area contributed by atoms with E-state index in [0.29, 0.717) is 25.0 Å². The van der Waals surface area contributed by atoms with E-state index in [1.807, 2.05) is 20.1 Å². The van der Waals surface area contributed by atoms with Crippen LogP contribution in [0.4, 0.5) is 0 Å². The van der Waals surface area contributed by atoms with Gasteiger partial charge in [-0.2, -0.15) is 11.8 Å². The fourth-order valence-electron chi connectivity index (χ4n) is 2.13. The van der Waals surface area contributed by atoms with Crippen molar-refractivity contribution in [1.82, 2.24) is 16.0 Å². The maximum absolute atomic E-state index is 12.4. The molecule has 0 heterocycles. The van der Waals surface area contributed by atoms with Gasteiger partial charge in [0.15, 0.2) is 0 Å². The predicted octanol–water partition coefficient (Wildman–Crippen LogP) is 0.0627. The van der Waals surface area contributed by atoms with Crippen LogP contribution in [0.25, 0.3) is 0 Å². The molecule has 0 fully saturated rings. The van der Waals surface area contributed by atoms with Gasteiger partial charge < -0.3 is 20.7 Å². The minimum Gasteiger partial charge on any atom is -0.467 e. The summed E-state index contributed by atoms with van der Waals surface area (Å²) < 4.78 is 4.58. The molecule has 3 atom stereocenters. The molecule has 0 aromatic rings. The summed E-state index contributed by atoms with van der Waals surface area (Å²) >= 11 is 1.56. The summed E-state index contributed by atoms with van der Waals surface area (Å²) in [5.74, 6) is -0.613. The van der Waals surface area contributed by atoms with Crippen molar-refractivity contribution in [1.29, 1.82) is 0 Å². The van der Waals surface area contributed by atoms with E-state index < -0.39 is 35.9 Å². The second kappa shape index (κ2) is 12.6. The number of hydrogen-bond acceptors (Lipinski definition) is 6. The van der Waals surface area contributed by atoms with E-state index in [0.717, 1.165) is 0 Å². The van der Waals surface area contributed by atoms with Gasteiger partial charge in [0, 0.05) is 0 Å². The third-order valence-corrected chi connectivity index (χ3v) is 4.09. The predicted molar refractivity (Wildman–Crippen MR) is 97.0 cm³/mol. The second-order valence-electron chi connectivity index (χ2n) is 6.06. The number of amides is 3. The lowest BCUT2D eigenvalue weighted by Gasteiger charge is -2.24. The normalized spacial score (nSPS) is 14.2. The number of rotatable bonds is 12. The molecule has 144 valence electrons. The Kier molecular flexibility index (Phi) is 11.7. The molecular formula is C16H29N3O5S. The Morgan fingerprint density at radius 3 is 2.16 bits per heavy atom. The number of methoxy groups -OCH3 is 1. The van der Waals surface area contributed by atoms with Crippen molar-refractivity contribution >= 4 is 36.0 Å². The van der Waals surface area contributed by atoms with Crippen molar-refractivity contribution in [2.24, 2.45) is 5.92 Å². The molecule has 8 nitrogen and oxygen atoms in total. The number of esters is 1. The van der Waals surface area contributed by atoms with Crippen LogP contribution in [0.2, 0.25) is 0 Å². The fraction of sp³-hybridized carbons (Fsp3) is 0.750. The molecule has 0 aliphatic heterocycles. The smallest absolute Gasteiger partial charge is 0.328 e. The van der Waals surface area contributed by atoms with Crippen molar-refractivity contribution in [3.8, 4) is 0 Å². The van der Waals surface area contributed by atoms with Gasteiger partial charge in [0.05, 0.1) is 7.11 Å². The summed E-state index contributed by atoms with van der Waals surface area (Å²) in [6, 6.07) is -2.32. The number of carbonyl (C=O) groups excluding carboxylic acids is 4. The van der Waals surface area contributed by atoms with Crippen molar-refractivity contribution < 1.29 is 23.9 Å². The molecule has 0 unspecified atom stereocenters. The van der Waals surface area contributed by atoms with Crippen molar-refractivity contribution in [2.75, 3.05) is 19.1 Å². The zero-order valence-corrected chi connectivity index (χ0v) is 16.3. The summed E-state index contributed by atoms with van der Waals surface area (Å²) in [6.07, 6.45) is 3.24. The third-order valence-electron chi connectivity index (χ3n) is 3.45. The molecule has 0 aromatic heterocycles. The van der Waals surface area contributed by atoms with Gasteiger partial charge in [0.1, 0.15) is 18.1 Å². The zero-order valence-electron chi connectivity index (χ0n) is 15.5. The molecule has 0 saturated carbocycles. The van der Waals surface area contributed by atoms with Gasteiger partial charge >= 0.3 is 5.97 Å². The van der Waals surface area contributed by atoms with Crippen LogP contribution in [0.1, 0.15) is 33.6 Å². The number of nitrogens with one attached hydrogen (secondary N) is 3. The maximum atomic E-state index is 12.4. The number of hydrogen-bond donors (Lipinski definition) is 3. The zero-order chi connectivity index (χ0) is 19.4. The first-order chi connectivity index (χ1) is 11.8. The molecule has 0 aliphatic carbocycles. The van der Waals surface area contributed by atoms with E-state index in [1.54, 1.807) is 11.8 Å². The van der Waals surface area contributed by atoms with E-state index in [4.69, 9.17) is 0 Å². The van der Waals surface area contributed by atoms with Crippen molar-refractivity contribution in [3.05, 3.63) is 0 Å². The Labute approximate surface area is 153 Å². The lowest BCUT2D eigenvalue weighted by molar-refractivity contribution is -0.144. The first-order valence-electron chi connectivity index (χ1n) is 8.13. The molecule has 0 saturated heterocycles. The SMILES string of the molecule is COC(=O)[C@H](C)NC(=O)[C@H](CC(C)C)NC(=O)[C@H](CCSC)NC=O. The molecule has 25 heavy (non-hydrogen) atoms. The monoisotopic (exact) mass is 375 g/mol. The first-order valence-corrected chi connectivity index (χ1v) is 9.53. The van der Waals surface area contributed by atoms with E-state index in [1.165, 1.54) is 14.0 Å². The Bertz CT molecular complexity index is 459.